The van der Waals surface area contributed by atoms with Gasteiger partial charge in [0.1, 0.15) is 5.75 Å². The average molecular weight is 302 g/mol. The molecular weight excluding hydrogens is 285 g/mol. The summed E-state index contributed by atoms with van der Waals surface area (Å²) in [6.07, 6.45) is -2.87. The van der Waals surface area contributed by atoms with Crippen LogP contribution < -0.4 is 10.1 Å². The third-order valence-corrected chi connectivity index (χ3v) is 3.39. The summed E-state index contributed by atoms with van der Waals surface area (Å²) in [5.41, 5.74) is 0.278. The van der Waals surface area contributed by atoms with Crippen LogP contribution in [0.2, 0.25) is 0 Å². The van der Waals surface area contributed by atoms with E-state index in [1.54, 1.807) is 4.90 Å². The first-order chi connectivity index (χ1) is 9.83. The molecule has 1 N–H and O–H groups in total. The fourth-order valence-electron chi connectivity index (χ4n) is 2.19. The minimum atomic E-state index is -4.74. The van der Waals surface area contributed by atoms with Crippen LogP contribution in [0.1, 0.15) is 19.8 Å². The van der Waals surface area contributed by atoms with Gasteiger partial charge in [-0.2, -0.15) is 0 Å². The van der Waals surface area contributed by atoms with E-state index in [1.165, 1.54) is 18.2 Å². The van der Waals surface area contributed by atoms with Gasteiger partial charge in [-0.15, -0.1) is 13.2 Å². The molecule has 0 aliphatic carbocycles. The summed E-state index contributed by atoms with van der Waals surface area (Å²) in [5, 5.41) is 2.59. The minimum Gasteiger partial charge on any atom is -0.406 e. The van der Waals surface area contributed by atoms with Crippen molar-refractivity contribution in [1.82, 2.24) is 4.90 Å². The lowest BCUT2D eigenvalue weighted by molar-refractivity contribution is -0.274. The average Bonchev–Trinajstić information content (AvgIpc) is 2.37. The second kappa shape index (κ2) is 6.24. The van der Waals surface area contributed by atoms with Crippen molar-refractivity contribution in [3.63, 3.8) is 0 Å². The van der Waals surface area contributed by atoms with Crippen LogP contribution >= 0.6 is 0 Å². The SMILES string of the molecule is CC1CCN(C(=O)Nc2cccc(OC(F)(F)F)c2)CC1. The van der Waals surface area contributed by atoms with Crippen LogP contribution in [0.15, 0.2) is 24.3 Å². The highest BCUT2D eigenvalue weighted by Crippen LogP contribution is 2.25. The second-order valence-corrected chi connectivity index (χ2v) is 5.18. The molecule has 0 saturated carbocycles. The Bertz CT molecular complexity index is 497. The molecule has 21 heavy (non-hydrogen) atoms. The molecule has 0 spiro atoms. The van der Waals surface area contributed by atoms with Gasteiger partial charge in [0, 0.05) is 24.8 Å². The third kappa shape index (κ3) is 4.84. The zero-order valence-electron chi connectivity index (χ0n) is 11.6. The highest BCUT2D eigenvalue weighted by molar-refractivity contribution is 5.89. The van der Waals surface area contributed by atoms with Crippen molar-refractivity contribution >= 4 is 11.7 Å². The van der Waals surface area contributed by atoms with Crippen molar-refractivity contribution in [2.45, 2.75) is 26.1 Å². The summed E-state index contributed by atoms with van der Waals surface area (Å²) < 4.78 is 40.3. The monoisotopic (exact) mass is 302 g/mol. The van der Waals surface area contributed by atoms with Gasteiger partial charge in [0.25, 0.3) is 0 Å². The normalized spacial score (nSPS) is 16.7. The van der Waals surface area contributed by atoms with E-state index in [4.69, 9.17) is 0 Å². The fraction of sp³-hybridized carbons (Fsp3) is 0.500. The zero-order valence-corrected chi connectivity index (χ0v) is 11.6. The molecule has 1 aromatic carbocycles. The number of carbonyl (C=O) groups excluding carboxylic acids is 1. The number of urea groups is 1. The number of rotatable bonds is 2. The van der Waals surface area contributed by atoms with Crippen LogP contribution in [0, 0.1) is 5.92 Å². The number of likely N-dealkylation sites (tertiary alicyclic amines) is 1. The highest BCUT2D eigenvalue weighted by Gasteiger charge is 2.31. The maximum absolute atomic E-state index is 12.1. The number of amides is 2. The summed E-state index contributed by atoms with van der Waals surface area (Å²) in [7, 11) is 0. The molecule has 1 fully saturated rings. The van der Waals surface area contributed by atoms with Gasteiger partial charge in [0.05, 0.1) is 0 Å². The Morgan fingerprint density at radius 1 is 1.33 bits per heavy atom. The molecule has 7 heteroatoms. The molecule has 1 saturated heterocycles. The van der Waals surface area contributed by atoms with E-state index in [9.17, 15) is 18.0 Å². The number of nitrogens with one attached hydrogen (secondary N) is 1. The molecule has 1 aliphatic heterocycles. The predicted octanol–water partition coefficient (Wildman–Crippen LogP) is 3.85. The van der Waals surface area contributed by atoms with E-state index in [1.807, 2.05) is 0 Å². The minimum absolute atomic E-state index is 0.278. The number of piperidine rings is 1. The first kappa shape index (κ1) is 15.5. The number of hydrogen-bond donors (Lipinski definition) is 1. The number of benzene rings is 1. The molecule has 0 atom stereocenters. The van der Waals surface area contributed by atoms with Crippen molar-refractivity contribution in [3.8, 4) is 5.75 Å². The number of nitrogens with zero attached hydrogens (tertiary/aromatic N) is 1. The van der Waals surface area contributed by atoms with Gasteiger partial charge in [0.15, 0.2) is 0 Å². The Morgan fingerprint density at radius 2 is 2.00 bits per heavy atom. The van der Waals surface area contributed by atoms with Crippen LogP contribution in [0.3, 0.4) is 0 Å². The predicted molar refractivity (Wildman–Crippen MR) is 72.1 cm³/mol. The van der Waals surface area contributed by atoms with Gasteiger partial charge in [-0.05, 0) is 30.9 Å². The number of hydrogen-bond acceptors (Lipinski definition) is 2. The smallest absolute Gasteiger partial charge is 0.406 e. The Kier molecular flexibility index (Phi) is 4.59. The van der Waals surface area contributed by atoms with E-state index < -0.39 is 6.36 Å². The van der Waals surface area contributed by atoms with Crippen molar-refractivity contribution in [1.29, 1.82) is 0 Å². The standard InChI is InChI=1S/C14H17F3N2O2/c1-10-5-7-19(8-6-10)13(20)18-11-3-2-4-12(9-11)21-14(15,16)17/h2-4,9-10H,5-8H2,1H3,(H,18,20). The summed E-state index contributed by atoms with van der Waals surface area (Å²) >= 11 is 0. The Morgan fingerprint density at radius 3 is 2.62 bits per heavy atom. The molecule has 2 amide bonds. The van der Waals surface area contributed by atoms with Gasteiger partial charge >= 0.3 is 12.4 Å². The third-order valence-electron chi connectivity index (χ3n) is 3.39. The Labute approximate surface area is 120 Å². The Balaban J connectivity index is 1.96. The molecule has 0 bridgehead atoms. The van der Waals surface area contributed by atoms with E-state index in [-0.39, 0.29) is 17.5 Å². The van der Waals surface area contributed by atoms with Crippen molar-refractivity contribution in [2.75, 3.05) is 18.4 Å². The molecule has 2 rings (SSSR count). The molecule has 4 nitrogen and oxygen atoms in total. The first-order valence-corrected chi connectivity index (χ1v) is 6.75. The molecule has 0 radical (unpaired) electrons. The number of halogens is 3. The van der Waals surface area contributed by atoms with Crippen LogP contribution in [-0.4, -0.2) is 30.4 Å². The lowest BCUT2D eigenvalue weighted by Gasteiger charge is -2.30. The number of carbonyl (C=O) groups is 1. The molecule has 1 aliphatic rings. The van der Waals surface area contributed by atoms with E-state index in [0.717, 1.165) is 18.9 Å². The second-order valence-electron chi connectivity index (χ2n) is 5.18. The van der Waals surface area contributed by atoms with Crippen LogP contribution in [0.5, 0.6) is 5.75 Å². The number of anilines is 1. The largest absolute Gasteiger partial charge is 0.573 e. The fourth-order valence-corrected chi connectivity index (χ4v) is 2.19. The summed E-state index contributed by atoms with van der Waals surface area (Å²) in [6.45, 7) is 3.45. The summed E-state index contributed by atoms with van der Waals surface area (Å²) in [5.74, 6) is 0.241. The molecular formula is C14H17F3N2O2. The van der Waals surface area contributed by atoms with E-state index in [0.29, 0.717) is 19.0 Å². The molecule has 1 heterocycles. The molecule has 0 aromatic heterocycles. The highest BCUT2D eigenvalue weighted by atomic mass is 19.4. The molecule has 116 valence electrons. The van der Waals surface area contributed by atoms with Crippen LogP contribution in [0.25, 0.3) is 0 Å². The number of alkyl halides is 3. The van der Waals surface area contributed by atoms with Crippen LogP contribution in [0.4, 0.5) is 23.7 Å². The van der Waals surface area contributed by atoms with Gasteiger partial charge in [0.2, 0.25) is 0 Å². The van der Waals surface area contributed by atoms with Gasteiger partial charge in [-0.25, -0.2) is 4.79 Å². The maximum Gasteiger partial charge on any atom is 0.573 e. The molecule has 1 aromatic rings. The summed E-state index contributed by atoms with van der Waals surface area (Å²) in [4.78, 5) is 13.7. The first-order valence-electron chi connectivity index (χ1n) is 6.75. The van der Waals surface area contributed by atoms with E-state index in [2.05, 4.69) is 17.0 Å². The maximum atomic E-state index is 12.1. The lowest BCUT2D eigenvalue weighted by atomic mass is 10.00. The topological polar surface area (TPSA) is 41.6 Å². The van der Waals surface area contributed by atoms with Gasteiger partial charge in [-0.3, -0.25) is 0 Å². The van der Waals surface area contributed by atoms with Crippen LogP contribution in [-0.2, 0) is 0 Å². The van der Waals surface area contributed by atoms with Gasteiger partial charge < -0.3 is 15.0 Å². The number of ether oxygens (including phenoxy) is 1. The van der Waals surface area contributed by atoms with E-state index >= 15 is 0 Å². The van der Waals surface area contributed by atoms with Crippen molar-refractivity contribution < 1.29 is 22.7 Å². The zero-order chi connectivity index (χ0) is 15.5. The van der Waals surface area contributed by atoms with Crippen molar-refractivity contribution in [2.24, 2.45) is 5.92 Å². The Hall–Kier alpha value is -1.92. The quantitative estimate of drug-likeness (QED) is 0.901. The van der Waals surface area contributed by atoms with Gasteiger partial charge in [-0.1, -0.05) is 13.0 Å². The lowest BCUT2D eigenvalue weighted by Crippen LogP contribution is -2.40. The summed E-state index contributed by atoms with van der Waals surface area (Å²) in [6, 6.07) is 4.96. The van der Waals surface area contributed by atoms with Crippen molar-refractivity contribution in [3.05, 3.63) is 24.3 Å². The molecule has 0 unspecified atom stereocenters.